The molecule has 1 rings (SSSR count). The average molecular weight is 190 g/mol. The van der Waals surface area contributed by atoms with Crippen LogP contribution in [0.2, 0.25) is 0 Å². The fourth-order valence-corrected chi connectivity index (χ4v) is 1.04. The van der Waals surface area contributed by atoms with Gasteiger partial charge in [0.05, 0.1) is 6.07 Å². The number of hydrogen-bond donors (Lipinski definition) is 1. The quantitative estimate of drug-likeness (QED) is 0.752. The average Bonchev–Trinajstić information content (AvgIpc) is 2.01. The van der Waals surface area contributed by atoms with E-state index in [9.17, 15) is 4.79 Å². The van der Waals surface area contributed by atoms with E-state index in [4.69, 9.17) is 5.26 Å². The first-order valence-electron chi connectivity index (χ1n) is 4.11. The summed E-state index contributed by atoms with van der Waals surface area (Å²) in [5.41, 5.74) is 0.782. The van der Waals surface area contributed by atoms with E-state index < -0.39 is 0 Å². The maximum atomic E-state index is 11.0. The number of anilines is 1. The van der Waals surface area contributed by atoms with Gasteiger partial charge in [-0.05, 0) is 13.8 Å². The van der Waals surface area contributed by atoms with Gasteiger partial charge in [-0.25, -0.2) is 9.97 Å². The van der Waals surface area contributed by atoms with Gasteiger partial charge in [0.25, 0.3) is 0 Å². The predicted octanol–water partition coefficient (Wildman–Crippen LogP) is 0.946. The zero-order chi connectivity index (χ0) is 10.6. The Morgan fingerprint density at radius 3 is 2.86 bits per heavy atom. The highest BCUT2D eigenvalue weighted by molar-refractivity contribution is 5.91. The predicted molar refractivity (Wildman–Crippen MR) is 50.4 cm³/mol. The van der Waals surface area contributed by atoms with Crippen LogP contribution in [-0.4, -0.2) is 15.9 Å². The van der Waals surface area contributed by atoms with Crippen molar-refractivity contribution < 1.29 is 4.79 Å². The lowest BCUT2D eigenvalue weighted by molar-refractivity contribution is -0.115. The number of rotatable bonds is 2. The molecule has 5 nitrogen and oxygen atoms in total. The number of carbonyl (C=O) groups excluding carboxylic acids is 1. The van der Waals surface area contributed by atoms with E-state index in [0.29, 0.717) is 11.6 Å². The molecule has 0 unspecified atom stereocenters. The van der Waals surface area contributed by atoms with Crippen LogP contribution in [0.4, 0.5) is 5.82 Å². The van der Waals surface area contributed by atoms with E-state index in [0.717, 1.165) is 5.69 Å². The largest absolute Gasteiger partial charge is 0.310 e. The third-order valence-electron chi connectivity index (χ3n) is 1.47. The molecule has 14 heavy (non-hydrogen) atoms. The number of nitriles is 1. The van der Waals surface area contributed by atoms with Crippen LogP contribution in [0.5, 0.6) is 0 Å². The molecule has 0 aliphatic rings. The highest BCUT2D eigenvalue weighted by atomic mass is 16.1. The second-order valence-electron chi connectivity index (χ2n) is 2.82. The summed E-state index contributed by atoms with van der Waals surface area (Å²) in [6.07, 6.45) is -0.165. The Hall–Kier alpha value is -1.96. The number of aryl methyl sites for hydroxylation is 2. The minimum atomic E-state index is -0.356. The summed E-state index contributed by atoms with van der Waals surface area (Å²) in [6, 6.07) is 3.42. The second kappa shape index (κ2) is 4.33. The topological polar surface area (TPSA) is 78.7 Å². The van der Waals surface area contributed by atoms with Crippen molar-refractivity contribution in [2.45, 2.75) is 20.3 Å². The fraction of sp³-hybridized carbons (Fsp3) is 0.333. The highest BCUT2D eigenvalue weighted by Crippen LogP contribution is 2.05. The standard InChI is InChI=1S/C9H10N4O/c1-6-5-8(12-7(2)11-6)13-9(14)3-4-10/h5H,3H2,1-2H3,(H,11,12,13,14). The number of amides is 1. The van der Waals surface area contributed by atoms with Gasteiger partial charge in [0.1, 0.15) is 18.1 Å². The monoisotopic (exact) mass is 190 g/mol. The van der Waals surface area contributed by atoms with E-state index in [1.165, 1.54) is 0 Å². The van der Waals surface area contributed by atoms with Gasteiger partial charge >= 0.3 is 0 Å². The Kier molecular flexibility index (Phi) is 3.13. The summed E-state index contributed by atoms with van der Waals surface area (Å²) in [7, 11) is 0. The normalized spacial score (nSPS) is 9.21. The van der Waals surface area contributed by atoms with Gasteiger partial charge in [-0.15, -0.1) is 0 Å². The van der Waals surface area contributed by atoms with Crippen molar-refractivity contribution in [2.75, 3.05) is 5.32 Å². The van der Waals surface area contributed by atoms with Crippen molar-refractivity contribution >= 4 is 11.7 Å². The van der Waals surface area contributed by atoms with Crippen molar-refractivity contribution in [2.24, 2.45) is 0 Å². The van der Waals surface area contributed by atoms with Gasteiger partial charge in [0.15, 0.2) is 0 Å². The van der Waals surface area contributed by atoms with Crippen LogP contribution in [0, 0.1) is 25.2 Å². The molecule has 72 valence electrons. The van der Waals surface area contributed by atoms with Crippen LogP contribution in [0.1, 0.15) is 17.9 Å². The number of nitrogens with zero attached hydrogens (tertiary/aromatic N) is 3. The van der Waals surface area contributed by atoms with Crippen LogP contribution < -0.4 is 5.32 Å². The molecule has 1 aromatic rings. The zero-order valence-electron chi connectivity index (χ0n) is 8.03. The van der Waals surface area contributed by atoms with Gasteiger partial charge < -0.3 is 5.32 Å². The Labute approximate surface area is 81.8 Å². The highest BCUT2D eigenvalue weighted by Gasteiger charge is 2.03. The molecule has 5 heteroatoms. The molecule has 0 aliphatic heterocycles. The number of aromatic nitrogens is 2. The van der Waals surface area contributed by atoms with Gasteiger partial charge in [0, 0.05) is 11.8 Å². The number of carbonyl (C=O) groups is 1. The maximum absolute atomic E-state index is 11.0. The molecule has 1 aromatic heterocycles. The first-order valence-corrected chi connectivity index (χ1v) is 4.11. The molecule has 1 heterocycles. The van der Waals surface area contributed by atoms with Crippen LogP contribution in [-0.2, 0) is 4.79 Å². The maximum Gasteiger partial charge on any atom is 0.239 e. The van der Waals surface area contributed by atoms with E-state index in [-0.39, 0.29) is 12.3 Å². The van der Waals surface area contributed by atoms with E-state index >= 15 is 0 Å². The minimum Gasteiger partial charge on any atom is -0.310 e. The summed E-state index contributed by atoms with van der Waals surface area (Å²) < 4.78 is 0. The van der Waals surface area contributed by atoms with E-state index in [1.54, 1.807) is 19.1 Å². The summed E-state index contributed by atoms with van der Waals surface area (Å²) in [4.78, 5) is 19.1. The molecular weight excluding hydrogens is 180 g/mol. The van der Waals surface area contributed by atoms with Crippen LogP contribution in [0.3, 0.4) is 0 Å². The molecule has 0 radical (unpaired) electrons. The molecule has 0 atom stereocenters. The Morgan fingerprint density at radius 1 is 1.57 bits per heavy atom. The molecule has 1 amide bonds. The summed E-state index contributed by atoms with van der Waals surface area (Å²) in [6.45, 7) is 3.56. The lowest BCUT2D eigenvalue weighted by Crippen LogP contribution is -2.12. The van der Waals surface area contributed by atoms with Crippen molar-refractivity contribution in [1.82, 2.24) is 9.97 Å². The summed E-state index contributed by atoms with van der Waals surface area (Å²) >= 11 is 0. The smallest absolute Gasteiger partial charge is 0.239 e. The molecule has 0 spiro atoms. The zero-order valence-corrected chi connectivity index (χ0v) is 8.03. The van der Waals surface area contributed by atoms with Gasteiger partial charge in [-0.3, -0.25) is 4.79 Å². The molecular formula is C9H10N4O. The van der Waals surface area contributed by atoms with Crippen LogP contribution in [0.25, 0.3) is 0 Å². The third-order valence-corrected chi connectivity index (χ3v) is 1.47. The fourth-order valence-electron chi connectivity index (χ4n) is 1.04. The van der Waals surface area contributed by atoms with Crippen LogP contribution in [0.15, 0.2) is 6.07 Å². The molecule has 0 saturated carbocycles. The molecule has 0 fully saturated rings. The Balaban J connectivity index is 2.77. The van der Waals surface area contributed by atoms with Crippen molar-refractivity contribution in [3.63, 3.8) is 0 Å². The summed E-state index contributed by atoms with van der Waals surface area (Å²) in [5.74, 6) is 0.678. The SMILES string of the molecule is Cc1cc(NC(=O)CC#N)nc(C)n1. The van der Waals surface area contributed by atoms with Gasteiger partial charge in [-0.2, -0.15) is 5.26 Å². The summed E-state index contributed by atoms with van der Waals surface area (Å²) in [5, 5.41) is 10.8. The first-order chi connectivity index (χ1) is 6.61. The number of hydrogen-bond acceptors (Lipinski definition) is 4. The van der Waals surface area contributed by atoms with Crippen molar-refractivity contribution in [3.05, 3.63) is 17.6 Å². The lowest BCUT2D eigenvalue weighted by atomic mass is 10.4. The van der Waals surface area contributed by atoms with E-state index in [2.05, 4.69) is 15.3 Å². The minimum absolute atomic E-state index is 0.165. The lowest BCUT2D eigenvalue weighted by Gasteiger charge is -2.03. The third kappa shape index (κ3) is 2.83. The molecule has 0 bridgehead atoms. The molecule has 0 aromatic carbocycles. The second-order valence-corrected chi connectivity index (χ2v) is 2.82. The molecule has 0 aliphatic carbocycles. The molecule has 1 N–H and O–H groups in total. The van der Waals surface area contributed by atoms with E-state index in [1.807, 2.05) is 6.92 Å². The van der Waals surface area contributed by atoms with Gasteiger partial charge in [-0.1, -0.05) is 0 Å². The van der Waals surface area contributed by atoms with Crippen LogP contribution >= 0.6 is 0 Å². The Bertz CT molecular complexity index is 374. The van der Waals surface area contributed by atoms with Crippen molar-refractivity contribution in [3.8, 4) is 6.07 Å². The van der Waals surface area contributed by atoms with Crippen molar-refractivity contribution in [1.29, 1.82) is 5.26 Å². The van der Waals surface area contributed by atoms with Gasteiger partial charge in [0.2, 0.25) is 5.91 Å². The first kappa shape index (κ1) is 10.1. The Morgan fingerprint density at radius 2 is 2.29 bits per heavy atom. The number of nitrogens with one attached hydrogen (secondary N) is 1. The molecule has 0 saturated heterocycles.